The van der Waals surface area contributed by atoms with E-state index in [0.29, 0.717) is 18.0 Å². The summed E-state index contributed by atoms with van der Waals surface area (Å²) in [6, 6.07) is 20.2. The van der Waals surface area contributed by atoms with Crippen molar-refractivity contribution in [3.05, 3.63) is 97.2 Å². The molecule has 1 heterocycles. The van der Waals surface area contributed by atoms with E-state index in [2.05, 4.69) is 49.2 Å². The number of hydrogen-bond donors (Lipinski definition) is 2. The maximum absolute atomic E-state index is 12.8. The van der Waals surface area contributed by atoms with Crippen molar-refractivity contribution < 1.29 is 19.1 Å². The Morgan fingerprint density at radius 3 is 2.58 bits per heavy atom. The van der Waals surface area contributed by atoms with Crippen molar-refractivity contribution in [3.8, 4) is 5.75 Å². The molecule has 36 heavy (non-hydrogen) atoms. The molecular formula is C27H23BrIN3O4. The number of amides is 4. The average molecular weight is 660 g/mol. The Bertz CT molecular complexity index is 1340. The summed E-state index contributed by atoms with van der Waals surface area (Å²) in [5, 5.41) is 5.34. The van der Waals surface area contributed by atoms with Crippen LogP contribution < -0.4 is 15.4 Å². The molecule has 4 rings (SSSR count). The summed E-state index contributed by atoms with van der Waals surface area (Å²) in [6.07, 6.45) is 2.34. The van der Waals surface area contributed by atoms with Gasteiger partial charge in [-0.2, -0.15) is 0 Å². The highest BCUT2D eigenvalue weighted by Gasteiger charge is 2.35. The summed E-state index contributed by atoms with van der Waals surface area (Å²) in [4.78, 5) is 38.7. The molecule has 0 unspecified atom stereocenters. The third-order valence-electron chi connectivity index (χ3n) is 5.51. The minimum Gasteiger partial charge on any atom is -0.488 e. The molecule has 0 spiro atoms. The first-order valence-electron chi connectivity index (χ1n) is 11.2. The number of nitrogens with zero attached hydrogens (tertiary/aromatic N) is 1. The van der Waals surface area contributed by atoms with Crippen LogP contribution in [-0.4, -0.2) is 29.3 Å². The van der Waals surface area contributed by atoms with Crippen LogP contribution in [0.1, 0.15) is 23.6 Å². The minimum absolute atomic E-state index is 0.112. The molecule has 0 radical (unpaired) electrons. The van der Waals surface area contributed by atoms with Gasteiger partial charge in [-0.1, -0.05) is 59.3 Å². The van der Waals surface area contributed by atoms with E-state index in [9.17, 15) is 14.4 Å². The van der Waals surface area contributed by atoms with Crippen LogP contribution >= 0.6 is 38.5 Å². The molecule has 3 aromatic rings. The number of urea groups is 1. The number of halogens is 2. The number of carbonyl (C=O) groups is 3. The highest BCUT2D eigenvalue weighted by atomic mass is 127. The SMILES string of the molecule is CCc1ccccc1NC(=O)CN1C(=O)N/C(=C/c2ccc(OCc3ccc(Br)cc3)c(I)c2)C1=O. The smallest absolute Gasteiger partial charge is 0.329 e. The van der Waals surface area contributed by atoms with Gasteiger partial charge in [-0.3, -0.25) is 9.59 Å². The van der Waals surface area contributed by atoms with E-state index in [1.54, 1.807) is 12.1 Å². The lowest BCUT2D eigenvalue weighted by molar-refractivity contribution is -0.127. The van der Waals surface area contributed by atoms with E-state index >= 15 is 0 Å². The molecular weight excluding hydrogens is 637 g/mol. The molecule has 9 heteroatoms. The van der Waals surface area contributed by atoms with Crippen molar-refractivity contribution in [3.63, 3.8) is 0 Å². The fourth-order valence-electron chi connectivity index (χ4n) is 3.63. The summed E-state index contributed by atoms with van der Waals surface area (Å²) in [7, 11) is 0. The molecule has 3 aromatic carbocycles. The first-order valence-corrected chi connectivity index (χ1v) is 13.1. The fourth-order valence-corrected chi connectivity index (χ4v) is 4.59. The second-order valence-corrected chi connectivity index (χ2v) is 10.1. The monoisotopic (exact) mass is 659 g/mol. The van der Waals surface area contributed by atoms with Crippen molar-refractivity contribution in [1.29, 1.82) is 0 Å². The maximum Gasteiger partial charge on any atom is 0.329 e. The van der Waals surface area contributed by atoms with Crippen LogP contribution in [0.25, 0.3) is 6.08 Å². The molecule has 184 valence electrons. The zero-order chi connectivity index (χ0) is 25.7. The first kappa shape index (κ1) is 25.9. The normalized spacial score (nSPS) is 14.2. The van der Waals surface area contributed by atoms with Crippen LogP contribution in [0.15, 0.2) is 76.9 Å². The van der Waals surface area contributed by atoms with Crippen LogP contribution in [0, 0.1) is 3.57 Å². The van der Waals surface area contributed by atoms with Gasteiger partial charge in [0.2, 0.25) is 5.91 Å². The van der Waals surface area contributed by atoms with Crippen LogP contribution in [0.4, 0.5) is 10.5 Å². The number of carbonyl (C=O) groups excluding carboxylic acids is 3. The van der Waals surface area contributed by atoms with Gasteiger partial charge in [0.25, 0.3) is 5.91 Å². The Morgan fingerprint density at radius 2 is 1.86 bits per heavy atom. The second kappa shape index (κ2) is 11.7. The van der Waals surface area contributed by atoms with Crippen molar-refractivity contribution in [2.75, 3.05) is 11.9 Å². The average Bonchev–Trinajstić information content (AvgIpc) is 3.12. The van der Waals surface area contributed by atoms with Crippen molar-refractivity contribution in [2.24, 2.45) is 0 Å². The molecule has 0 atom stereocenters. The molecule has 1 fully saturated rings. The Labute approximate surface area is 231 Å². The predicted octanol–water partition coefficient (Wildman–Crippen LogP) is 5.73. The van der Waals surface area contributed by atoms with Gasteiger partial charge in [0.1, 0.15) is 24.6 Å². The second-order valence-electron chi connectivity index (χ2n) is 8.04. The van der Waals surface area contributed by atoms with Gasteiger partial charge in [-0.15, -0.1) is 0 Å². The summed E-state index contributed by atoms with van der Waals surface area (Å²) in [5.74, 6) is -0.278. The van der Waals surface area contributed by atoms with E-state index < -0.39 is 17.8 Å². The Balaban J connectivity index is 1.40. The van der Waals surface area contributed by atoms with Gasteiger partial charge in [-0.05, 0) is 82.1 Å². The lowest BCUT2D eigenvalue weighted by Gasteiger charge is -2.13. The quantitative estimate of drug-likeness (QED) is 0.184. The van der Waals surface area contributed by atoms with Crippen molar-refractivity contribution in [1.82, 2.24) is 10.2 Å². The zero-order valence-electron chi connectivity index (χ0n) is 19.4. The molecule has 0 aromatic heterocycles. The van der Waals surface area contributed by atoms with Gasteiger partial charge >= 0.3 is 6.03 Å². The molecule has 1 aliphatic heterocycles. The molecule has 0 saturated carbocycles. The molecule has 2 N–H and O–H groups in total. The maximum atomic E-state index is 12.8. The summed E-state index contributed by atoms with van der Waals surface area (Å²) < 4.78 is 7.79. The van der Waals surface area contributed by atoms with Gasteiger partial charge in [0, 0.05) is 10.2 Å². The molecule has 0 bridgehead atoms. The molecule has 0 aliphatic carbocycles. The zero-order valence-corrected chi connectivity index (χ0v) is 23.1. The van der Waals surface area contributed by atoms with Crippen molar-refractivity contribution in [2.45, 2.75) is 20.0 Å². The predicted molar refractivity (Wildman–Crippen MR) is 150 cm³/mol. The van der Waals surface area contributed by atoms with E-state index in [1.165, 1.54) is 0 Å². The van der Waals surface area contributed by atoms with Gasteiger partial charge in [0.15, 0.2) is 0 Å². The van der Waals surface area contributed by atoms with Crippen LogP contribution in [0.3, 0.4) is 0 Å². The van der Waals surface area contributed by atoms with Gasteiger partial charge < -0.3 is 15.4 Å². The van der Waals surface area contributed by atoms with E-state index in [0.717, 1.165) is 36.1 Å². The summed E-state index contributed by atoms with van der Waals surface area (Å²) in [5.41, 5.74) is 3.53. The Kier molecular flexibility index (Phi) is 8.42. The summed E-state index contributed by atoms with van der Waals surface area (Å²) in [6.45, 7) is 2.04. The summed E-state index contributed by atoms with van der Waals surface area (Å²) >= 11 is 5.59. The number of ether oxygens (including phenoxy) is 1. The van der Waals surface area contributed by atoms with E-state index in [1.807, 2.05) is 67.6 Å². The molecule has 1 aliphatic rings. The lowest BCUT2D eigenvalue weighted by Crippen LogP contribution is -2.38. The standard InChI is InChI=1S/C27H23BrIN3O4/c1-2-19-5-3-4-6-22(19)30-25(33)15-32-26(34)23(31-27(32)35)14-18-9-12-24(21(29)13-18)36-16-17-7-10-20(28)11-8-17/h3-14H,2,15-16H2,1H3,(H,30,33)(H,31,35)/b23-14+. The third kappa shape index (κ3) is 6.33. The van der Waals surface area contributed by atoms with Crippen LogP contribution in [0.2, 0.25) is 0 Å². The number of para-hydroxylation sites is 1. The molecule has 7 nitrogen and oxygen atoms in total. The number of rotatable bonds is 8. The third-order valence-corrected chi connectivity index (χ3v) is 6.88. The number of hydrogen-bond acceptors (Lipinski definition) is 4. The topological polar surface area (TPSA) is 87.7 Å². The van der Waals surface area contributed by atoms with E-state index in [4.69, 9.17) is 4.74 Å². The van der Waals surface area contributed by atoms with Crippen molar-refractivity contribution >= 4 is 68.1 Å². The number of anilines is 1. The number of nitrogens with one attached hydrogen (secondary N) is 2. The largest absolute Gasteiger partial charge is 0.488 e. The minimum atomic E-state index is -0.630. The highest BCUT2D eigenvalue weighted by molar-refractivity contribution is 14.1. The molecule has 1 saturated heterocycles. The fraction of sp³-hybridized carbons (Fsp3) is 0.148. The van der Waals surface area contributed by atoms with Crippen LogP contribution in [0.5, 0.6) is 5.75 Å². The number of benzene rings is 3. The van der Waals surface area contributed by atoms with Gasteiger partial charge in [-0.25, -0.2) is 9.69 Å². The highest BCUT2D eigenvalue weighted by Crippen LogP contribution is 2.25. The van der Waals surface area contributed by atoms with Crippen LogP contribution in [-0.2, 0) is 22.6 Å². The Hall–Kier alpha value is -3.18. The van der Waals surface area contributed by atoms with Gasteiger partial charge in [0.05, 0.1) is 3.57 Å². The number of imide groups is 1. The Morgan fingerprint density at radius 1 is 1.11 bits per heavy atom. The first-order chi connectivity index (χ1) is 17.3. The van der Waals surface area contributed by atoms with E-state index in [-0.39, 0.29) is 12.2 Å². The molecule has 4 amide bonds. The lowest BCUT2D eigenvalue weighted by atomic mass is 10.1. The number of aryl methyl sites for hydroxylation is 1.